The van der Waals surface area contributed by atoms with Crippen molar-refractivity contribution in [1.82, 2.24) is 10.3 Å². The van der Waals surface area contributed by atoms with E-state index in [1.54, 1.807) is 0 Å². The number of hydrogen-bond acceptors (Lipinski definition) is 4. The fraction of sp³-hybridized carbons (Fsp3) is 0.300. The van der Waals surface area contributed by atoms with Crippen molar-refractivity contribution >= 4 is 34.6 Å². The van der Waals surface area contributed by atoms with Gasteiger partial charge in [-0.25, -0.2) is 4.39 Å². The molecule has 1 N–H and O–H groups in total. The van der Waals surface area contributed by atoms with Crippen LogP contribution in [0.1, 0.15) is 23.2 Å². The SMILES string of the molecule is O=C(NCC1CCN(c2nc3ccccc3o2)CC1)c1c(F)cccc1Cl. The summed E-state index contributed by atoms with van der Waals surface area (Å²) in [5.41, 5.74) is 1.54. The molecule has 1 saturated heterocycles. The highest BCUT2D eigenvalue weighted by atomic mass is 35.5. The number of halogens is 2. The van der Waals surface area contributed by atoms with Crippen molar-refractivity contribution < 1.29 is 13.6 Å². The second kappa shape index (κ2) is 7.56. The fourth-order valence-electron chi connectivity index (χ4n) is 3.36. The zero-order chi connectivity index (χ0) is 18.8. The molecule has 0 atom stereocenters. The van der Waals surface area contributed by atoms with Crippen molar-refractivity contribution in [2.75, 3.05) is 24.5 Å². The minimum atomic E-state index is -0.606. The Kier molecular flexibility index (Phi) is 4.99. The summed E-state index contributed by atoms with van der Waals surface area (Å²) in [6.07, 6.45) is 1.79. The van der Waals surface area contributed by atoms with Gasteiger partial charge in [0.15, 0.2) is 5.58 Å². The molecule has 0 aliphatic carbocycles. The highest BCUT2D eigenvalue weighted by Crippen LogP contribution is 2.26. The maximum absolute atomic E-state index is 13.8. The van der Waals surface area contributed by atoms with Gasteiger partial charge in [0.2, 0.25) is 0 Å². The number of fused-ring (bicyclic) bond motifs is 1. The summed E-state index contributed by atoms with van der Waals surface area (Å²) in [4.78, 5) is 18.9. The monoisotopic (exact) mass is 387 g/mol. The van der Waals surface area contributed by atoms with Gasteiger partial charge in [0.1, 0.15) is 11.3 Å². The Labute approximate surface area is 161 Å². The van der Waals surface area contributed by atoms with Crippen LogP contribution in [0.2, 0.25) is 5.02 Å². The molecule has 0 bridgehead atoms. The van der Waals surface area contributed by atoms with Crippen molar-refractivity contribution in [3.8, 4) is 0 Å². The van der Waals surface area contributed by atoms with Crippen LogP contribution in [-0.4, -0.2) is 30.5 Å². The zero-order valence-corrected chi connectivity index (χ0v) is 15.4. The second-order valence-electron chi connectivity index (χ2n) is 6.70. The van der Waals surface area contributed by atoms with Gasteiger partial charge in [-0.05, 0) is 43.0 Å². The van der Waals surface area contributed by atoms with Crippen molar-refractivity contribution in [2.45, 2.75) is 12.8 Å². The predicted molar refractivity (Wildman–Crippen MR) is 103 cm³/mol. The van der Waals surface area contributed by atoms with E-state index in [4.69, 9.17) is 16.0 Å². The van der Waals surface area contributed by atoms with E-state index in [0.29, 0.717) is 18.5 Å². The highest BCUT2D eigenvalue weighted by Gasteiger charge is 2.24. The minimum absolute atomic E-state index is 0.0944. The molecule has 140 valence electrons. The molecule has 2 heterocycles. The molecule has 5 nitrogen and oxygen atoms in total. The van der Waals surface area contributed by atoms with E-state index in [1.807, 2.05) is 24.3 Å². The number of nitrogens with zero attached hydrogens (tertiary/aromatic N) is 2. The Hall–Kier alpha value is -2.60. The lowest BCUT2D eigenvalue weighted by Gasteiger charge is -2.30. The molecule has 1 amide bonds. The van der Waals surface area contributed by atoms with Gasteiger partial charge >= 0.3 is 0 Å². The summed E-state index contributed by atoms with van der Waals surface area (Å²) in [7, 11) is 0. The highest BCUT2D eigenvalue weighted by molar-refractivity contribution is 6.33. The number of hydrogen-bond donors (Lipinski definition) is 1. The summed E-state index contributed by atoms with van der Waals surface area (Å²) in [6, 6.07) is 12.6. The predicted octanol–water partition coefficient (Wildman–Crippen LogP) is 4.27. The van der Waals surface area contributed by atoms with Crippen LogP contribution >= 0.6 is 11.6 Å². The smallest absolute Gasteiger partial charge is 0.298 e. The minimum Gasteiger partial charge on any atom is -0.423 e. The molecule has 0 unspecified atom stereocenters. The number of aromatic nitrogens is 1. The number of nitrogens with one attached hydrogen (secondary N) is 1. The average molecular weight is 388 g/mol. The first kappa shape index (κ1) is 17.8. The van der Waals surface area contributed by atoms with Crippen LogP contribution in [-0.2, 0) is 0 Å². The van der Waals surface area contributed by atoms with Crippen LogP contribution in [0.5, 0.6) is 0 Å². The molecule has 7 heteroatoms. The van der Waals surface area contributed by atoms with Crippen molar-refractivity contribution in [1.29, 1.82) is 0 Å². The van der Waals surface area contributed by atoms with E-state index < -0.39 is 11.7 Å². The zero-order valence-electron chi connectivity index (χ0n) is 14.6. The fourth-order valence-corrected chi connectivity index (χ4v) is 3.61. The topological polar surface area (TPSA) is 58.4 Å². The molecule has 0 spiro atoms. The number of oxazole rings is 1. The van der Waals surface area contributed by atoms with Gasteiger partial charge in [0.25, 0.3) is 11.9 Å². The van der Waals surface area contributed by atoms with Crippen LogP contribution in [0.4, 0.5) is 10.4 Å². The second-order valence-corrected chi connectivity index (χ2v) is 7.11. The number of anilines is 1. The van der Waals surface area contributed by atoms with Gasteiger partial charge in [-0.15, -0.1) is 0 Å². The Bertz CT molecular complexity index is 914. The molecule has 2 aromatic carbocycles. The third-order valence-electron chi connectivity index (χ3n) is 4.91. The summed E-state index contributed by atoms with van der Waals surface area (Å²) >= 11 is 5.94. The van der Waals surface area contributed by atoms with Gasteiger partial charge < -0.3 is 14.6 Å². The van der Waals surface area contributed by atoms with Crippen LogP contribution < -0.4 is 10.2 Å². The van der Waals surface area contributed by atoms with Crippen molar-refractivity contribution in [3.05, 3.63) is 58.9 Å². The molecule has 27 heavy (non-hydrogen) atoms. The van der Waals surface area contributed by atoms with Crippen molar-refractivity contribution in [3.63, 3.8) is 0 Å². The molecular weight excluding hydrogens is 369 g/mol. The standard InChI is InChI=1S/C20H19ClFN3O2/c21-14-4-3-5-15(22)18(14)19(26)23-12-13-8-10-25(11-9-13)20-24-16-6-1-2-7-17(16)27-20/h1-7,13H,8-12H2,(H,23,26). The normalized spacial score (nSPS) is 15.3. The van der Waals surface area contributed by atoms with Crippen LogP contribution in [0, 0.1) is 11.7 Å². The number of carbonyl (C=O) groups excluding carboxylic acids is 1. The Morgan fingerprint density at radius 3 is 2.74 bits per heavy atom. The van der Waals surface area contributed by atoms with Gasteiger partial charge in [-0.2, -0.15) is 4.98 Å². The number of carbonyl (C=O) groups is 1. The molecule has 1 aromatic heterocycles. The molecule has 3 aromatic rings. The number of benzene rings is 2. The molecule has 0 radical (unpaired) electrons. The molecule has 1 aliphatic rings. The average Bonchev–Trinajstić information content (AvgIpc) is 3.11. The summed E-state index contributed by atoms with van der Waals surface area (Å²) in [5, 5.41) is 2.93. The molecular formula is C20H19ClFN3O2. The quantitative estimate of drug-likeness (QED) is 0.726. The molecule has 1 aliphatic heterocycles. The lowest BCUT2D eigenvalue weighted by atomic mass is 9.97. The largest absolute Gasteiger partial charge is 0.423 e. The third kappa shape index (κ3) is 3.76. The van der Waals surface area contributed by atoms with E-state index >= 15 is 0 Å². The van der Waals surface area contributed by atoms with E-state index in [2.05, 4.69) is 15.2 Å². The van der Waals surface area contributed by atoms with E-state index in [1.165, 1.54) is 18.2 Å². The number of piperidine rings is 1. The van der Waals surface area contributed by atoms with Gasteiger partial charge in [-0.3, -0.25) is 4.79 Å². The maximum Gasteiger partial charge on any atom is 0.298 e. The van der Waals surface area contributed by atoms with Gasteiger partial charge in [0.05, 0.1) is 10.6 Å². The van der Waals surface area contributed by atoms with Gasteiger partial charge in [-0.1, -0.05) is 29.8 Å². The summed E-state index contributed by atoms with van der Waals surface area (Å²) in [6.45, 7) is 2.09. The van der Waals surface area contributed by atoms with E-state index in [-0.39, 0.29) is 10.6 Å². The first-order valence-electron chi connectivity index (χ1n) is 8.94. The molecule has 1 fully saturated rings. The van der Waals surface area contributed by atoms with Crippen LogP contribution in [0.25, 0.3) is 11.1 Å². The van der Waals surface area contributed by atoms with E-state index in [9.17, 15) is 9.18 Å². The number of para-hydroxylation sites is 2. The van der Waals surface area contributed by atoms with Crippen LogP contribution in [0.3, 0.4) is 0 Å². The van der Waals surface area contributed by atoms with Gasteiger partial charge in [0, 0.05) is 19.6 Å². The summed E-state index contributed by atoms with van der Waals surface area (Å²) < 4.78 is 19.6. The lowest BCUT2D eigenvalue weighted by Crippen LogP contribution is -2.39. The Morgan fingerprint density at radius 2 is 2.00 bits per heavy atom. The Balaban J connectivity index is 1.32. The maximum atomic E-state index is 13.8. The molecule has 0 saturated carbocycles. The van der Waals surface area contributed by atoms with Crippen LogP contribution in [0.15, 0.2) is 46.9 Å². The van der Waals surface area contributed by atoms with E-state index in [0.717, 1.165) is 37.0 Å². The Morgan fingerprint density at radius 1 is 1.22 bits per heavy atom. The third-order valence-corrected chi connectivity index (χ3v) is 5.22. The first-order chi connectivity index (χ1) is 13.1. The summed E-state index contributed by atoms with van der Waals surface area (Å²) in [5.74, 6) is -0.759. The number of amides is 1. The number of rotatable bonds is 4. The molecule has 4 rings (SSSR count). The first-order valence-corrected chi connectivity index (χ1v) is 9.32. The lowest BCUT2D eigenvalue weighted by molar-refractivity contribution is 0.0941. The van der Waals surface area contributed by atoms with Crippen molar-refractivity contribution in [2.24, 2.45) is 5.92 Å².